The number of halogens is 1. The van der Waals surface area contributed by atoms with Crippen LogP contribution in [0.2, 0.25) is 5.02 Å². The van der Waals surface area contributed by atoms with Crippen LogP contribution in [0, 0.1) is 0 Å². The van der Waals surface area contributed by atoms with Crippen molar-refractivity contribution in [3.05, 3.63) is 34.9 Å². The molecule has 0 atom stereocenters. The topological polar surface area (TPSA) is 41.6 Å². The molecule has 0 fully saturated rings. The van der Waals surface area contributed by atoms with E-state index in [0.717, 1.165) is 24.5 Å². The fourth-order valence-electron chi connectivity index (χ4n) is 1.64. The molecule has 0 saturated heterocycles. The lowest BCUT2D eigenvalue weighted by Gasteiger charge is -2.19. The smallest absolute Gasteiger partial charge is 0.191 e. The number of rotatable bonds is 5. The Hall–Kier alpha value is -1.22. The minimum absolute atomic E-state index is 0.622. The zero-order valence-electron chi connectivity index (χ0n) is 10.5. The summed E-state index contributed by atoms with van der Waals surface area (Å²) in [5.74, 6) is 0.622. The molecule has 3 nitrogen and oxygen atoms in total. The molecule has 2 N–H and O–H groups in total. The van der Waals surface area contributed by atoms with Gasteiger partial charge in [0, 0.05) is 24.7 Å². The van der Waals surface area contributed by atoms with Crippen LogP contribution in [0.4, 0.5) is 0 Å². The van der Waals surface area contributed by atoms with E-state index in [-0.39, 0.29) is 0 Å². The lowest BCUT2D eigenvalue weighted by Crippen LogP contribution is -2.37. The molecule has 0 unspecified atom stereocenters. The summed E-state index contributed by atoms with van der Waals surface area (Å²) in [6.07, 6.45) is 0.864. The van der Waals surface area contributed by atoms with Gasteiger partial charge in [-0.25, -0.2) is 0 Å². The van der Waals surface area contributed by atoms with Crippen molar-refractivity contribution in [3.63, 3.8) is 0 Å². The van der Waals surface area contributed by atoms with E-state index in [0.29, 0.717) is 12.5 Å². The van der Waals surface area contributed by atoms with Crippen LogP contribution in [0.1, 0.15) is 19.4 Å². The summed E-state index contributed by atoms with van der Waals surface area (Å²) in [6, 6.07) is 7.84. The Bertz CT molecular complexity index is 373. The fraction of sp³-hybridized carbons (Fsp3) is 0.462. The number of aliphatic imine (C=N–C) groups is 1. The third-order valence-corrected chi connectivity index (χ3v) is 2.89. The standard InChI is InChI=1S/C13H20ClN3/c1-3-17(4-2)13(15)16-9-8-11-6-5-7-12(14)10-11/h5-7,10H,3-4,8-9H2,1-2H3,(H2,15,16). The van der Waals surface area contributed by atoms with Gasteiger partial charge in [0.1, 0.15) is 0 Å². The normalized spacial score (nSPS) is 11.6. The van der Waals surface area contributed by atoms with Gasteiger partial charge in [0.15, 0.2) is 5.96 Å². The monoisotopic (exact) mass is 253 g/mol. The zero-order valence-corrected chi connectivity index (χ0v) is 11.2. The van der Waals surface area contributed by atoms with Gasteiger partial charge >= 0.3 is 0 Å². The maximum Gasteiger partial charge on any atom is 0.191 e. The average molecular weight is 254 g/mol. The summed E-state index contributed by atoms with van der Waals surface area (Å²) in [5, 5.41) is 0.767. The number of nitrogens with two attached hydrogens (primary N) is 1. The molecule has 4 heteroatoms. The molecule has 1 aromatic rings. The van der Waals surface area contributed by atoms with Gasteiger partial charge in [0.2, 0.25) is 0 Å². The second-order valence-electron chi connectivity index (χ2n) is 3.79. The van der Waals surface area contributed by atoms with E-state index in [9.17, 15) is 0 Å². The van der Waals surface area contributed by atoms with E-state index >= 15 is 0 Å². The lowest BCUT2D eigenvalue weighted by atomic mass is 10.1. The van der Waals surface area contributed by atoms with Gasteiger partial charge in [0.25, 0.3) is 0 Å². The van der Waals surface area contributed by atoms with Crippen LogP contribution in [-0.4, -0.2) is 30.5 Å². The van der Waals surface area contributed by atoms with E-state index in [1.165, 1.54) is 5.56 Å². The van der Waals surface area contributed by atoms with Crippen molar-refractivity contribution in [3.8, 4) is 0 Å². The van der Waals surface area contributed by atoms with Crippen LogP contribution >= 0.6 is 11.6 Å². The molecule has 0 bridgehead atoms. The molecule has 0 heterocycles. The number of hydrogen-bond acceptors (Lipinski definition) is 1. The van der Waals surface area contributed by atoms with Crippen molar-refractivity contribution < 1.29 is 0 Å². The summed E-state index contributed by atoms with van der Waals surface area (Å²) in [6.45, 7) is 6.63. The molecule has 0 spiro atoms. The van der Waals surface area contributed by atoms with Gasteiger partial charge < -0.3 is 10.6 Å². The maximum atomic E-state index is 5.91. The Morgan fingerprint density at radius 2 is 2.06 bits per heavy atom. The Morgan fingerprint density at radius 1 is 1.35 bits per heavy atom. The van der Waals surface area contributed by atoms with Crippen molar-refractivity contribution in [2.75, 3.05) is 19.6 Å². The highest BCUT2D eigenvalue weighted by Crippen LogP contribution is 2.10. The highest BCUT2D eigenvalue weighted by molar-refractivity contribution is 6.30. The summed E-state index contributed by atoms with van der Waals surface area (Å²) < 4.78 is 0. The van der Waals surface area contributed by atoms with Crippen molar-refractivity contribution in [2.45, 2.75) is 20.3 Å². The summed E-state index contributed by atoms with van der Waals surface area (Å²) >= 11 is 5.91. The molecule has 0 aromatic heterocycles. The largest absolute Gasteiger partial charge is 0.370 e. The van der Waals surface area contributed by atoms with E-state index in [4.69, 9.17) is 17.3 Å². The van der Waals surface area contributed by atoms with Crippen LogP contribution in [-0.2, 0) is 6.42 Å². The molecular formula is C13H20ClN3. The highest BCUT2D eigenvalue weighted by atomic mass is 35.5. The highest BCUT2D eigenvalue weighted by Gasteiger charge is 2.01. The van der Waals surface area contributed by atoms with Crippen LogP contribution in [0.15, 0.2) is 29.3 Å². The SMILES string of the molecule is CCN(CC)C(N)=NCCc1cccc(Cl)c1. The Labute approximate surface area is 108 Å². The molecule has 0 aliphatic rings. The molecule has 1 aromatic carbocycles. The zero-order chi connectivity index (χ0) is 12.7. The van der Waals surface area contributed by atoms with E-state index in [1.54, 1.807) is 0 Å². The third-order valence-electron chi connectivity index (χ3n) is 2.65. The first-order valence-corrected chi connectivity index (χ1v) is 6.34. The Morgan fingerprint density at radius 3 is 2.65 bits per heavy atom. The van der Waals surface area contributed by atoms with Crippen LogP contribution in [0.25, 0.3) is 0 Å². The second-order valence-corrected chi connectivity index (χ2v) is 4.23. The molecule has 1 rings (SSSR count). The number of hydrogen-bond donors (Lipinski definition) is 1. The molecular weight excluding hydrogens is 234 g/mol. The van der Waals surface area contributed by atoms with Crippen LogP contribution < -0.4 is 5.73 Å². The minimum atomic E-state index is 0.622. The van der Waals surface area contributed by atoms with Crippen molar-refractivity contribution in [2.24, 2.45) is 10.7 Å². The Kier molecular flexibility index (Phi) is 5.84. The van der Waals surface area contributed by atoms with Gasteiger partial charge in [-0.2, -0.15) is 0 Å². The van der Waals surface area contributed by atoms with Gasteiger partial charge in [0.05, 0.1) is 0 Å². The molecule has 0 aliphatic heterocycles. The lowest BCUT2D eigenvalue weighted by molar-refractivity contribution is 0.458. The molecule has 17 heavy (non-hydrogen) atoms. The first-order chi connectivity index (χ1) is 8.17. The second kappa shape index (κ2) is 7.17. The number of benzene rings is 1. The molecule has 94 valence electrons. The van der Waals surface area contributed by atoms with E-state index in [1.807, 2.05) is 23.1 Å². The molecule has 0 saturated carbocycles. The molecule has 0 radical (unpaired) electrons. The quantitative estimate of drug-likeness (QED) is 0.647. The van der Waals surface area contributed by atoms with Crippen LogP contribution in [0.5, 0.6) is 0 Å². The predicted octanol–water partition coefficient (Wildman–Crippen LogP) is 2.54. The summed E-state index contributed by atoms with van der Waals surface area (Å²) in [4.78, 5) is 6.41. The summed E-state index contributed by atoms with van der Waals surface area (Å²) in [7, 11) is 0. The molecule has 0 aliphatic carbocycles. The van der Waals surface area contributed by atoms with E-state index < -0.39 is 0 Å². The Balaban J connectivity index is 2.49. The van der Waals surface area contributed by atoms with Gasteiger partial charge in [-0.3, -0.25) is 4.99 Å². The van der Waals surface area contributed by atoms with Gasteiger partial charge in [-0.15, -0.1) is 0 Å². The van der Waals surface area contributed by atoms with Crippen molar-refractivity contribution >= 4 is 17.6 Å². The summed E-state index contributed by atoms with van der Waals surface area (Å²) in [5.41, 5.74) is 7.07. The fourth-order valence-corrected chi connectivity index (χ4v) is 1.85. The maximum absolute atomic E-state index is 5.91. The number of nitrogens with zero attached hydrogens (tertiary/aromatic N) is 2. The predicted molar refractivity (Wildman–Crippen MR) is 74.6 cm³/mol. The van der Waals surface area contributed by atoms with Crippen molar-refractivity contribution in [1.29, 1.82) is 0 Å². The molecule has 0 amide bonds. The van der Waals surface area contributed by atoms with Crippen molar-refractivity contribution in [1.82, 2.24) is 4.90 Å². The minimum Gasteiger partial charge on any atom is -0.370 e. The first kappa shape index (κ1) is 13.8. The number of guanidine groups is 1. The van der Waals surface area contributed by atoms with Gasteiger partial charge in [-0.1, -0.05) is 23.7 Å². The van der Waals surface area contributed by atoms with Crippen LogP contribution in [0.3, 0.4) is 0 Å². The third kappa shape index (κ3) is 4.65. The average Bonchev–Trinajstić information content (AvgIpc) is 2.30. The van der Waals surface area contributed by atoms with E-state index in [2.05, 4.69) is 24.9 Å². The first-order valence-electron chi connectivity index (χ1n) is 5.96. The van der Waals surface area contributed by atoms with Gasteiger partial charge in [-0.05, 0) is 38.0 Å².